The van der Waals surface area contributed by atoms with Gasteiger partial charge in [-0.1, -0.05) is 6.08 Å². The molecule has 126 valence electrons. The lowest BCUT2D eigenvalue weighted by Gasteiger charge is -2.22. The van der Waals surface area contributed by atoms with Gasteiger partial charge in [-0.05, 0) is 24.3 Å². The smallest absolute Gasteiger partial charge is 0.319 e. The maximum absolute atomic E-state index is 12.0. The van der Waals surface area contributed by atoms with E-state index in [9.17, 15) is 9.59 Å². The highest BCUT2D eigenvalue weighted by atomic mass is 35.5. The molecule has 1 saturated heterocycles. The van der Waals surface area contributed by atoms with Crippen molar-refractivity contribution in [3.8, 4) is 0 Å². The number of benzene rings is 1. The van der Waals surface area contributed by atoms with Gasteiger partial charge in [-0.2, -0.15) is 0 Å². The summed E-state index contributed by atoms with van der Waals surface area (Å²) in [5.74, 6) is -0.135. The highest BCUT2D eigenvalue weighted by Gasteiger charge is 2.20. The van der Waals surface area contributed by atoms with E-state index in [2.05, 4.69) is 27.8 Å². The third kappa shape index (κ3) is 6.27. The standard InChI is InChI=1S/C15H20N4O3.ClH/c1-2-7-17-15(21)19-12-5-3-11(4-6-12)18-14(20)13-10-22-9-8-16-13;/h2-6,13,16H,1,7-10H2,(H,18,20)(H2,17,19,21);1H. The lowest BCUT2D eigenvalue weighted by molar-refractivity contribution is -0.120. The van der Waals surface area contributed by atoms with Gasteiger partial charge in [0.2, 0.25) is 5.91 Å². The second-order valence-electron chi connectivity index (χ2n) is 4.77. The highest BCUT2D eigenvalue weighted by molar-refractivity contribution is 5.95. The van der Waals surface area contributed by atoms with Crippen LogP contribution in [0.2, 0.25) is 0 Å². The minimum atomic E-state index is -0.337. The quantitative estimate of drug-likeness (QED) is 0.609. The fraction of sp³-hybridized carbons (Fsp3) is 0.333. The zero-order valence-electron chi connectivity index (χ0n) is 12.6. The zero-order valence-corrected chi connectivity index (χ0v) is 13.4. The molecule has 1 atom stereocenters. The van der Waals surface area contributed by atoms with Crippen molar-refractivity contribution in [1.82, 2.24) is 10.6 Å². The average Bonchev–Trinajstić information content (AvgIpc) is 2.55. The number of carbonyl (C=O) groups excluding carboxylic acids is 2. The van der Waals surface area contributed by atoms with Gasteiger partial charge in [0.25, 0.3) is 0 Å². The molecule has 1 aliphatic heterocycles. The Labute approximate surface area is 141 Å². The van der Waals surface area contributed by atoms with Crippen LogP contribution in [0.15, 0.2) is 36.9 Å². The van der Waals surface area contributed by atoms with Crippen molar-refractivity contribution in [1.29, 1.82) is 0 Å². The maximum Gasteiger partial charge on any atom is 0.319 e. The van der Waals surface area contributed by atoms with Crippen LogP contribution in [-0.2, 0) is 9.53 Å². The number of morpholine rings is 1. The van der Waals surface area contributed by atoms with E-state index in [1.165, 1.54) is 0 Å². The molecule has 0 bridgehead atoms. The summed E-state index contributed by atoms with van der Waals surface area (Å²) in [5.41, 5.74) is 1.30. The number of halogens is 1. The molecule has 0 spiro atoms. The van der Waals surface area contributed by atoms with E-state index >= 15 is 0 Å². The van der Waals surface area contributed by atoms with Crippen LogP contribution < -0.4 is 21.3 Å². The Morgan fingerprint density at radius 3 is 2.48 bits per heavy atom. The Bertz CT molecular complexity index is 530. The number of hydrogen-bond donors (Lipinski definition) is 4. The Hall–Kier alpha value is -2.09. The van der Waals surface area contributed by atoms with Crippen LogP contribution in [0.5, 0.6) is 0 Å². The molecule has 1 aliphatic rings. The molecule has 0 saturated carbocycles. The molecule has 1 aromatic carbocycles. The van der Waals surface area contributed by atoms with Crippen LogP contribution in [0.4, 0.5) is 16.2 Å². The summed E-state index contributed by atoms with van der Waals surface area (Å²) in [6.07, 6.45) is 1.60. The van der Waals surface area contributed by atoms with Gasteiger partial charge in [0.1, 0.15) is 6.04 Å². The van der Waals surface area contributed by atoms with Crippen molar-refractivity contribution < 1.29 is 14.3 Å². The SMILES string of the molecule is C=CCNC(=O)Nc1ccc(NC(=O)C2COCCN2)cc1.Cl. The number of ether oxygens (including phenoxy) is 1. The van der Waals surface area contributed by atoms with E-state index in [1.54, 1.807) is 30.3 Å². The van der Waals surface area contributed by atoms with Crippen molar-refractivity contribution in [2.75, 3.05) is 36.9 Å². The molecule has 8 heteroatoms. The van der Waals surface area contributed by atoms with Crippen molar-refractivity contribution >= 4 is 35.7 Å². The number of anilines is 2. The molecular weight excluding hydrogens is 320 g/mol. The Kier molecular flexibility index (Phi) is 8.10. The van der Waals surface area contributed by atoms with Crippen molar-refractivity contribution in [2.45, 2.75) is 6.04 Å². The first-order valence-electron chi connectivity index (χ1n) is 7.07. The summed E-state index contributed by atoms with van der Waals surface area (Å²) in [6.45, 7) is 5.58. The van der Waals surface area contributed by atoms with Gasteiger partial charge in [-0.25, -0.2) is 4.79 Å². The van der Waals surface area contributed by atoms with E-state index < -0.39 is 0 Å². The molecule has 1 heterocycles. The Morgan fingerprint density at radius 1 is 1.26 bits per heavy atom. The summed E-state index contributed by atoms with van der Waals surface area (Å²) in [5, 5.41) is 11.2. The summed E-state index contributed by atoms with van der Waals surface area (Å²) in [4.78, 5) is 23.5. The lowest BCUT2D eigenvalue weighted by atomic mass is 10.2. The molecule has 3 amide bonds. The zero-order chi connectivity index (χ0) is 15.8. The largest absolute Gasteiger partial charge is 0.378 e. The summed E-state index contributed by atoms with van der Waals surface area (Å²) < 4.78 is 5.25. The Morgan fingerprint density at radius 2 is 1.91 bits per heavy atom. The first kappa shape index (κ1) is 19.0. The van der Waals surface area contributed by atoms with Gasteiger partial charge in [0, 0.05) is 24.5 Å². The first-order valence-corrected chi connectivity index (χ1v) is 7.07. The average molecular weight is 341 g/mol. The van der Waals surface area contributed by atoms with Crippen LogP contribution in [-0.4, -0.2) is 44.3 Å². The van der Waals surface area contributed by atoms with E-state index in [0.717, 1.165) is 0 Å². The molecule has 7 nitrogen and oxygen atoms in total. The van der Waals surface area contributed by atoms with E-state index in [4.69, 9.17) is 4.74 Å². The second-order valence-corrected chi connectivity index (χ2v) is 4.77. The molecule has 1 fully saturated rings. The summed E-state index contributed by atoms with van der Waals surface area (Å²) in [6, 6.07) is 6.24. The number of rotatable bonds is 5. The van der Waals surface area contributed by atoms with Crippen LogP contribution in [0.1, 0.15) is 0 Å². The molecule has 0 radical (unpaired) electrons. The van der Waals surface area contributed by atoms with Gasteiger partial charge < -0.3 is 26.0 Å². The lowest BCUT2D eigenvalue weighted by Crippen LogP contribution is -2.48. The molecule has 23 heavy (non-hydrogen) atoms. The number of nitrogens with one attached hydrogen (secondary N) is 4. The highest BCUT2D eigenvalue weighted by Crippen LogP contribution is 2.14. The van der Waals surface area contributed by atoms with Crippen LogP contribution >= 0.6 is 12.4 Å². The fourth-order valence-corrected chi connectivity index (χ4v) is 1.94. The molecule has 0 aromatic heterocycles. The van der Waals surface area contributed by atoms with Gasteiger partial charge in [0.15, 0.2) is 0 Å². The number of carbonyl (C=O) groups is 2. The van der Waals surface area contributed by atoms with Crippen LogP contribution in [0, 0.1) is 0 Å². The maximum atomic E-state index is 12.0. The monoisotopic (exact) mass is 340 g/mol. The predicted molar refractivity (Wildman–Crippen MR) is 92.1 cm³/mol. The third-order valence-corrected chi connectivity index (χ3v) is 3.06. The summed E-state index contributed by atoms with van der Waals surface area (Å²) in [7, 11) is 0. The van der Waals surface area contributed by atoms with E-state index in [0.29, 0.717) is 37.7 Å². The van der Waals surface area contributed by atoms with Gasteiger partial charge >= 0.3 is 6.03 Å². The van der Waals surface area contributed by atoms with Gasteiger partial charge in [-0.15, -0.1) is 19.0 Å². The Balaban J connectivity index is 0.00000264. The fourth-order valence-electron chi connectivity index (χ4n) is 1.94. The van der Waals surface area contributed by atoms with Gasteiger partial charge in [-0.3, -0.25) is 4.79 Å². The van der Waals surface area contributed by atoms with Crippen molar-refractivity contribution in [2.24, 2.45) is 0 Å². The van der Waals surface area contributed by atoms with Crippen molar-refractivity contribution in [3.05, 3.63) is 36.9 Å². The molecule has 0 aliphatic carbocycles. The minimum Gasteiger partial charge on any atom is -0.378 e. The van der Waals surface area contributed by atoms with Crippen LogP contribution in [0.3, 0.4) is 0 Å². The third-order valence-electron chi connectivity index (χ3n) is 3.06. The van der Waals surface area contributed by atoms with Crippen LogP contribution in [0.25, 0.3) is 0 Å². The topological polar surface area (TPSA) is 91.5 Å². The minimum absolute atomic E-state index is 0. The molecular formula is C15H21ClN4O3. The number of urea groups is 1. The summed E-state index contributed by atoms with van der Waals surface area (Å²) >= 11 is 0. The van der Waals surface area contributed by atoms with Gasteiger partial charge in [0.05, 0.1) is 13.2 Å². The normalized spacial score (nSPS) is 16.6. The molecule has 4 N–H and O–H groups in total. The van der Waals surface area contributed by atoms with Crippen molar-refractivity contribution in [3.63, 3.8) is 0 Å². The van der Waals surface area contributed by atoms with E-state index in [-0.39, 0.29) is 30.4 Å². The van der Waals surface area contributed by atoms with E-state index in [1.807, 2.05) is 0 Å². The number of amides is 3. The first-order chi connectivity index (χ1) is 10.7. The molecule has 1 aromatic rings. The molecule has 2 rings (SSSR count). The molecule has 1 unspecified atom stereocenters. The number of hydrogen-bond acceptors (Lipinski definition) is 4. The predicted octanol–water partition coefficient (Wildman–Crippen LogP) is 1.34. The second kappa shape index (κ2) is 9.83.